The zero-order valence-corrected chi connectivity index (χ0v) is 9.96. The molecule has 2 aromatic heterocycles. The average Bonchev–Trinajstić information content (AvgIpc) is 2.38. The van der Waals surface area contributed by atoms with Crippen molar-refractivity contribution in [1.82, 2.24) is 9.97 Å². The van der Waals surface area contributed by atoms with Gasteiger partial charge >= 0.3 is 0 Å². The monoisotopic (exact) mass is 239 g/mol. The van der Waals surface area contributed by atoms with E-state index in [4.69, 9.17) is 5.73 Å². The second-order valence-corrected chi connectivity index (χ2v) is 4.31. The molecule has 90 valence electrons. The van der Waals surface area contributed by atoms with Crippen molar-refractivity contribution in [2.45, 2.75) is 13.0 Å². The van der Waals surface area contributed by atoms with Crippen LogP contribution in [0.25, 0.3) is 21.8 Å². The van der Waals surface area contributed by atoms with Crippen molar-refractivity contribution in [2.75, 3.05) is 5.73 Å². The van der Waals surface area contributed by atoms with Gasteiger partial charge in [0.05, 0.1) is 11.6 Å². The molecule has 0 spiro atoms. The summed E-state index contributed by atoms with van der Waals surface area (Å²) in [5.41, 5.74) is 8.22. The van der Waals surface area contributed by atoms with Gasteiger partial charge in [0, 0.05) is 17.0 Å². The van der Waals surface area contributed by atoms with Crippen LogP contribution in [0.15, 0.2) is 36.5 Å². The van der Waals surface area contributed by atoms with Gasteiger partial charge in [-0.05, 0) is 24.6 Å². The van der Waals surface area contributed by atoms with E-state index in [0.717, 1.165) is 21.9 Å². The number of para-hydroxylation sites is 1. The number of benzene rings is 1. The molecule has 3 N–H and O–H groups in total. The van der Waals surface area contributed by atoms with E-state index in [1.807, 2.05) is 30.3 Å². The highest BCUT2D eigenvalue weighted by Crippen LogP contribution is 2.31. The highest BCUT2D eigenvalue weighted by atomic mass is 16.3. The average molecular weight is 239 g/mol. The van der Waals surface area contributed by atoms with Crippen LogP contribution in [-0.2, 0) is 0 Å². The van der Waals surface area contributed by atoms with Gasteiger partial charge in [-0.25, -0.2) is 4.98 Å². The summed E-state index contributed by atoms with van der Waals surface area (Å²) in [5, 5.41) is 11.7. The Kier molecular flexibility index (Phi) is 2.38. The Bertz CT molecular complexity index is 738. The number of aliphatic hydroxyl groups excluding tert-OH is 1. The first-order valence-corrected chi connectivity index (χ1v) is 5.79. The Hall–Kier alpha value is -2.20. The third-order valence-electron chi connectivity index (χ3n) is 3.09. The quantitative estimate of drug-likeness (QED) is 0.640. The maximum absolute atomic E-state index is 9.88. The SMILES string of the molecule is CC(O)c1ccnc2c(N)nc3ccccc3c12. The van der Waals surface area contributed by atoms with E-state index >= 15 is 0 Å². The van der Waals surface area contributed by atoms with E-state index in [9.17, 15) is 5.11 Å². The number of aromatic nitrogens is 2. The van der Waals surface area contributed by atoms with Crippen molar-refractivity contribution in [1.29, 1.82) is 0 Å². The van der Waals surface area contributed by atoms with Crippen LogP contribution in [0.1, 0.15) is 18.6 Å². The fraction of sp³-hybridized carbons (Fsp3) is 0.143. The Labute approximate surface area is 104 Å². The van der Waals surface area contributed by atoms with Crippen LogP contribution >= 0.6 is 0 Å². The molecular weight excluding hydrogens is 226 g/mol. The molecule has 0 radical (unpaired) electrons. The van der Waals surface area contributed by atoms with Gasteiger partial charge < -0.3 is 10.8 Å². The molecular formula is C14H13N3O. The molecule has 0 saturated heterocycles. The van der Waals surface area contributed by atoms with Gasteiger partial charge in [-0.2, -0.15) is 0 Å². The van der Waals surface area contributed by atoms with E-state index in [2.05, 4.69) is 9.97 Å². The van der Waals surface area contributed by atoms with Crippen molar-refractivity contribution in [2.24, 2.45) is 0 Å². The number of pyridine rings is 2. The Morgan fingerprint density at radius 1 is 1.22 bits per heavy atom. The van der Waals surface area contributed by atoms with Gasteiger partial charge in [-0.1, -0.05) is 18.2 Å². The van der Waals surface area contributed by atoms with Gasteiger partial charge in [-0.3, -0.25) is 4.98 Å². The molecule has 1 atom stereocenters. The maximum atomic E-state index is 9.88. The number of hydrogen-bond acceptors (Lipinski definition) is 4. The summed E-state index contributed by atoms with van der Waals surface area (Å²) in [4.78, 5) is 8.61. The lowest BCUT2D eigenvalue weighted by Crippen LogP contribution is -2.00. The number of aliphatic hydroxyl groups is 1. The van der Waals surface area contributed by atoms with Crippen LogP contribution in [0, 0.1) is 0 Å². The fourth-order valence-electron chi connectivity index (χ4n) is 2.27. The summed E-state index contributed by atoms with van der Waals surface area (Å²) in [5.74, 6) is 0.395. The van der Waals surface area contributed by atoms with Crippen LogP contribution in [0.4, 0.5) is 5.82 Å². The lowest BCUT2D eigenvalue weighted by molar-refractivity contribution is 0.201. The molecule has 3 rings (SSSR count). The topological polar surface area (TPSA) is 72.0 Å². The summed E-state index contributed by atoms with van der Waals surface area (Å²) < 4.78 is 0. The molecule has 0 bridgehead atoms. The number of nitrogen functional groups attached to an aromatic ring is 1. The predicted octanol–water partition coefficient (Wildman–Crippen LogP) is 2.42. The van der Waals surface area contributed by atoms with Crippen molar-refractivity contribution in [3.05, 3.63) is 42.1 Å². The molecule has 0 aliphatic rings. The van der Waals surface area contributed by atoms with Gasteiger partial charge in [0.25, 0.3) is 0 Å². The molecule has 4 nitrogen and oxygen atoms in total. The first kappa shape index (κ1) is 10.9. The van der Waals surface area contributed by atoms with Crippen molar-refractivity contribution in [3.8, 4) is 0 Å². The van der Waals surface area contributed by atoms with Crippen molar-refractivity contribution in [3.63, 3.8) is 0 Å². The van der Waals surface area contributed by atoms with E-state index in [1.54, 1.807) is 13.1 Å². The minimum Gasteiger partial charge on any atom is -0.389 e. The molecule has 0 amide bonds. The molecule has 3 aromatic rings. The third kappa shape index (κ3) is 1.50. The lowest BCUT2D eigenvalue weighted by Gasteiger charge is -2.12. The van der Waals surface area contributed by atoms with E-state index in [0.29, 0.717) is 11.3 Å². The van der Waals surface area contributed by atoms with Crippen molar-refractivity contribution >= 4 is 27.6 Å². The largest absolute Gasteiger partial charge is 0.389 e. The normalized spacial score (nSPS) is 13.0. The van der Waals surface area contributed by atoms with Gasteiger partial charge in [0.2, 0.25) is 0 Å². The fourth-order valence-corrected chi connectivity index (χ4v) is 2.27. The zero-order valence-electron chi connectivity index (χ0n) is 9.96. The highest BCUT2D eigenvalue weighted by Gasteiger charge is 2.13. The molecule has 0 saturated carbocycles. The second kappa shape index (κ2) is 3.92. The molecule has 18 heavy (non-hydrogen) atoms. The number of fused-ring (bicyclic) bond motifs is 3. The number of anilines is 1. The number of nitrogens with two attached hydrogens (primary N) is 1. The summed E-state index contributed by atoms with van der Waals surface area (Å²) in [6.45, 7) is 1.74. The highest BCUT2D eigenvalue weighted by molar-refractivity contribution is 6.09. The number of hydrogen-bond donors (Lipinski definition) is 2. The standard InChI is InChI=1S/C14H13N3O/c1-8(18)9-6-7-16-13-12(9)10-4-2-3-5-11(10)17-14(13)15/h2-8,18H,1H3,(H2,15,17). The zero-order chi connectivity index (χ0) is 12.7. The van der Waals surface area contributed by atoms with E-state index in [1.165, 1.54) is 0 Å². The summed E-state index contributed by atoms with van der Waals surface area (Å²) >= 11 is 0. The third-order valence-corrected chi connectivity index (χ3v) is 3.09. The molecule has 0 aliphatic carbocycles. The molecule has 0 aliphatic heterocycles. The molecule has 1 unspecified atom stereocenters. The van der Waals surface area contributed by atoms with Crippen LogP contribution in [0.5, 0.6) is 0 Å². The maximum Gasteiger partial charge on any atom is 0.150 e. The first-order chi connectivity index (χ1) is 8.68. The minimum absolute atomic E-state index is 0.395. The van der Waals surface area contributed by atoms with Gasteiger partial charge in [0.1, 0.15) is 5.52 Å². The molecule has 1 aromatic carbocycles. The van der Waals surface area contributed by atoms with Crippen molar-refractivity contribution < 1.29 is 5.11 Å². The van der Waals surface area contributed by atoms with Crippen LogP contribution in [0.2, 0.25) is 0 Å². The van der Waals surface area contributed by atoms with Crippen LogP contribution in [0.3, 0.4) is 0 Å². The predicted molar refractivity (Wildman–Crippen MR) is 72.1 cm³/mol. The first-order valence-electron chi connectivity index (χ1n) is 5.79. The number of rotatable bonds is 1. The van der Waals surface area contributed by atoms with E-state index in [-0.39, 0.29) is 0 Å². The Morgan fingerprint density at radius 3 is 2.78 bits per heavy atom. The summed E-state index contributed by atoms with van der Waals surface area (Å²) in [7, 11) is 0. The Morgan fingerprint density at radius 2 is 2.00 bits per heavy atom. The molecule has 2 heterocycles. The Balaban J connectivity index is 2.59. The van der Waals surface area contributed by atoms with Gasteiger partial charge in [-0.15, -0.1) is 0 Å². The smallest absolute Gasteiger partial charge is 0.150 e. The van der Waals surface area contributed by atoms with Crippen LogP contribution in [-0.4, -0.2) is 15.1 Å². The lowest BCUT2D eigenvalue weighted by atomic mass is 10.0. The summed E-state index contributed by atoms with van der Waals surface area (Å²) in [6.07, 6.45) is 1.08. The van der Waals surface area contributed by atoms with Gasteiger partial charge in [0.15, 0.2) is 5.82 Å². The summed E-state index contributed by atoms with van der Waals surface area (Å²) in [6, 6.07) is 9.55. The second-order valence-electron chi connectivity index (χ2n) is 4.31. The molecule has 0 fully saturated rings. The van der Waals surface area contributed by atoms with E-state index < -0.39 is 6.10 Å². The minimum atomic E-state index is -0.569. The van der Waals surface area contributed by atoms with Crippen LogP contribution < -0.4 is 5.73 Å². The number of nitrogens with zero attached hydrogens (tertiary/aromatic N) is 2. The molecule has 4 heteroatoms.